The van der Waals surface area contributed by atoms with Crippen LogP contribution >= 0.6 is 0 Å². The normalized spacial score (nSPS) is 16.0. The van der Waals surface area contributed by atoms with Gasteiger partial charge in [0.05, 0.1) is 0 Å². The van der Waals surface area contributed by atoms with E-state index < -0.39 is 0 Å². The van der Waals surface area contributed by atoms with E-state index in [9.17, 15) is 0 Å². The molecular formula is C10H15Re-7. The Morgan fingerprint density at radius 2 is 1.36 bits per heavy atom. The Morgan fingerprint density at radius 1 is 0.909 bits per heavy atom. The van der Waals surface area contributed by atoms with E-state index in [0.717, 1.165) is 12.8 Å². The van der Waals surface area contributed by atoms with Gasteiger partial charge < -0.3 is 7.13 Å². The van der Waals surface area contributed by atoms with Gasteiger partial charge in [-0.05, 0) is 0 Å². The quantitative estimate of drug-likeness (QED) is 0.601. The molecular weight excluding hydrogens is 306 g/mol. The predicted molar refractivity (Wildman–Crippen MR) is 48.7 cm³/mol. The van der Waals surface area contributed by atoms with Gasteiger partial charge in [0.2, 0.25) is 0 Å². The minimum absolute atomic E-state index is 0. The van der Waals surface area contributed by atoms with Crippen LogP contribution in [0.2, 0.25) is 0 Å². The zero-order valence-electron chi connectivity index (χ0n) is 11.3. The summed E-state index contributed by atoms with van der Waals surface area (Å²) in [6.45, 7) is 0. The average Bonchev–Trinajstić information content (AvgIpc) is 2.67. The van der Waals surface area contributed by atoms with Gasteiger partial charge in [-0.2, -0.15) is 12.2 Å². The monoisotopic (exact) mass is 322 g/mol. The summed E-state index contributed by atoms with van der Waals surface area (Å²) < 4.78 is 0. The molecule has 2 aliphatic carbocycles. The van der Waals surface area contributed by atoms with Crippen LogP contribution in [0.1, 0.15) is 20.0 Å². The van der Waals surface area contributed by atoms with Crippen molar-refractivity contribution in [3.05, 3.63) is 48.6 Å². The van der Waals surface area contributed by atoms with E-state index in [0.29, 0.717) is 0 Å². The molecule has 0 heterocycles. The SMILES string of the molecule is [C-]1=CC=CC1.[C-]1=CC=CC1.[H-].[H-].[H-].[H-].[H-].[Re]. The van der Waals surface area contributed by atoms with Gasteiger partial charge in [-0.3, -0.25) is 12.2 Å². The second kappa shape index (κ2) is 7.73. The Labute approximate surface area is 89.5 Å². The van der Waals surface area contributed by atoms with Gasteiger partial charge >= 0.3 is 0 Å². The van der Waals surface area contributed by atoms with Crippen LogP contribution in [0.3, 0.4) is 0 Å². The molecule has 0 aliphatic heterocycles. The van der Waals surface area contributed by atoms with Gasteiger partial charge in [0.25, 0.3) is 0 Å². The summed E-state index contributed by atoms with van der Waals surface area (Å²) in [4.78, 5) is 0. The van der Waals surface area contributed by atoms with Crippen molar-refractivity contribution in [3.8, 4) is 0 Å². The number of hydrogen-bond donors (Lipinski definition) is 0. The fourth-order valence-corrected chi connectivity index (χ4v) is 0.680. The van der Waals surface area contributed by atoms with Crippen molar-refractivity contribution in [2.75, 3.05) is 0 Å². The zero-order chi connectivity index (χ0) is 7.07. The molecule has 0 aromatic carbocycles. The van der Waals surface area contributed by atoms with E-state index in [1.807, 2.05) is 24.3 Å². The molecule has 11 heavy (non-hydrogen) atoms. The van der Waals surface area contributed by atoms with Crippen LogP contribution in [0.15, 0.2) is 36.5 Å². The molecule has 0 amide bonds. The number of allylic oxidation sites excluding steroid dienone is 8. The summed E-state index contributed by atoms with van der Waals surface area (Å²) in [5.41, 5.74) is 0. The van der Waals surface area contributed by atoms with E-state index in [1.165, 1.54) is 0 Å². The van der Waals surface area contributed by atoms with Crippen molar-refractivity contribution in [2.45, 2.75) is 12.8 Å². The molecule has 0 nitrogen and oxygen atoms in total. The minimum Gasteiger partial charge on any atom is -1.00 e. The van der Waals surface area contributed by atoms with Gasteiger partial charge in [0.15, 0.2) is 0 Å². The van der Waals surface area contributed by atoms with Gasteiger partial charge in [-0.25, -0.2) is 24.3 Å². The summed E-state index contributed by atoms with van der Waals surface area (Å²) in [5, 5.41) is 0. The van der Waals surface area contributed by atoms with Crippen molar-refractivity contribution in [1.82, 2.24) is 0 Å². The van der Waals surface area contributed by atoms with Crippen molar-refractivity contribution in [1.29, 1.82) is 0 Å². The second-order valence-corrected chi connectivity index (χ2v) is 2.01. The Balaban J connectivity index is -0.0000000227. The van der Waals surface area contributed by atoms with Crippen molar-refractivity contribution in [3.63, 3.8) is 0 Å². The maximum absolute atomic E-state index is 2.99. The molecule has 2 aliphatic rings. The average molecular weight is 321 g/mol. The van der Waals surface area contributed by atoms with E-state index in [4.69, 9.17) is 0 Å². The summed E-state index contributed by atoms with van der Waals surface area (Å²) >= 11 is 0. The molecule has 0 N–H and O–H groups in total. The molecule has 0 saturated heterocycles. The third kappa shape index (κ3) is 6.04. The Hall–Kier alpha value is -0.378. The van der Waals surface area contributed by atoms with Crippen molar-refractivity contribution < 1.29 is 27.6 Å². The first-order valence-corrected chi connectivity index (χ1v) is 3.43. The van der Waals surface area contributed by atoms with E-state index >= 15 is 0 Å². The summed E-state index contributed by atoms with van der Waals surface area (Å²) in [5.74, 6) is 0. The molecule has 0 aromatic rings. The molecule has 0 aromatic heterocycles. The topological polar surface area (TPSA) is 0 Å². The maximum atomic E-state index is 2.99. The molecule has 1 radical (unpaired) electrons. The van der Waals surface area contributed by atoms with Gasteiger partial charge in [0, 0.05) is 20.4 Å². The van der Waals surface area contributed by atoms with Crippen LogP contribution in [-0.4, -0.2) is 0 Å². The Morgan fingerprint density at radius 3 is 1.45 bits per heavy atom. The molecule has 0 saturated carbocycles. The molecule has 0 unspecified atom stereocenters. The standard InChI is InChI=1S/2C5H5.Re.5H/c2*1-2-4-5-3-1;;;;;;/h2*1-3H,4H2;;;;;;/q2*-1;;5*-1. The fourth-order valence-electron chi connectivity index (χ4n) is 0.680. The Kier molecular flexibility index (Phi) is 7.46. The van der Waals surface area contributed by atoms with Crippen molar-refractivity contribution in [2.24, 2.45) is 0 Å². The predicted octanol–water partition coefficient (Wildman–Crippen LogP) is 3.17. The van der Waals surface area contributed by atoms with Gasteiger partial charge in [-0.1, -0.05) is 0 Å². The summed E-state index contributed by atoms with van der Waals surface area (Å²) in [6.07, 6.45) is 20.0. The molecule has 0 atom stereocenters. The third-order valence-electron chi connectivity index (χ3n) is 1.17. The van der Waals surface area contributed by atoms with E-state index in [1.54, 1.807) is 0 Å². The molecule has 0 fully saturated rings. The van der Waals surface area contributed by atoms with E-state index in [2.05, 4.69) is 24.3 Å². The van der Waals surface area contributed by atoms with Crippen LogP contribution in [0.5, 0.6) is 0 Å². The van der Waals surface area contributed by atoms with Crippen molar-refractivity contribution >= 4 is 0 Å². The molecule has 0 bridgehead atoms. The van der Waals surface area contributed by atoms with Crippen LogP contribution in [-0.2, 0) is 20.4 Å². The zero-order valence-corrected chi connectivity index (χ0v) is 8.97. The van der Waals surface area contributed by atoms with Crippen LogP contribution in [0, 0.1) is 12.2 Å². The summed E-state index contributed by atoms with van der Waals surface area (Å²) in [7, 11) is 0. The van der Waals surface area contributed by atoms with Gasteiger partial charge in [0.1, 0.15) is 0 Å². The third-order valence-corrected chi connectivity index (χ3v) is 1.17. The smallest absolute Gasteiger partial charge is 0 e. The minimum atomic E-state index is 0. The van der Waals surface area contributed by atoms with Crippen LogP contribution < -0.4 is 0 Å². The first kappa shape index (κ1) is 10.6. The van der Waals surface area contributed by atoms with Gasteiger partial charge in [-0.15, -0.1) is 12.8 Å². The van der Waals surface area contributed by atoms with Crippen LogP contribution in [0.4, 0.5) is 0 Å². The van der Waals surface area contributed by atoms with Crippen LogP contribution in [0.25, 0.3) is 0 Å². The Bertz CT molecular complexity index is 157. The molecule has 1 heteroatoms. The summed E-state index contributed by atoms with van der Waals surface area (Å²) in [6, 6.07) is 0. The van der Waals surface area contributed by atoms with E-state index in [-0.39, 0.29) is 27.6 Å². The first-order valence-electron chi connectivity index (χ1n) is 3.43. The first-order chi connectivity index (χ1) is 5.00. The number of hydrogen-bond acceptors (Lipinski definition) is 0. The molecule has 0 spiro atoms. The fraction of sp³-hybridized carbons (Fsp3) is 0.200. The molecule has 69 valence electrons. The molecule has 2 rings (SSSR count). The maximum Gasteiger partial charge on any atom is 0 e. The second-order valence-electron chi connectivity index (χ2n) is 2.01. The largest absolute Gasteiger partial charge is 1.00 e. The number of rotatable bonds is 0.